The van der Waals surface area contributed by atoms with Crippen molar-refractivity contribution >= 4 is 5.97 Å². The third-order valence-corrected chi connectivity index (χ3v) is 3.27. The van der Waals surface area contributed by atoms with Gasteiger partial charge in [-0.3, -0.25) is 0 Å². The second kappa shape index (κ2) is 7.70. The quantitative estimate of drug-likeness (QED) is 0.794. The fourth-order valence-corrected chi connectivity index (χ4v) is 2.17. The van der Waals surface area contributed by atoms with Gasteiger partial charge in [-0.1, -0.05) is 25.5 Å². The van der Waals surface area contributed by atoms with E-state index in [9.17, 15) is 9.90 Å². The van der Waals surface area contributed by atoms with Gasteiger partial charge in [-0.25, -0.2) is 9.48 Å². The highest BCUT2D eigenvalue weighted by Gasteiger charge is 2.13. The molecular weight excluding hydrogens is 282 g/mol. The Morgan fingerprint density at radius 2 is 1.95 bits per heavy atom. The minimum Gasteiger partial charge on any atom is -0.462 e. The zero-order valence-corrected chi connectivity index (χ0v) is 13.0. The molecule has 1 heterocycles. The Morgan fingerprint density at radius 3 is 2.55 bits per heavy atom. The first-order chi connectivity index (χ1) is 10.7. The minimum atomic E-state index is -0.322. The van der Waals surface area contributed by atoms with Crippen LogP contribution in [0.3, 0.4) is 0 Å². The van der Waals surface area contributed by atoms with Crippen LogP contribution in [0.5, 0.6) is 0 Å². The van der Waals surface area contributed by atoms with Crippen LogP contribution >= 0.6 is 0 Å². The number of hydrogen-bond donors (Lipinski definition) is 1. The van der Waals surface area contributed by atoms with E-state index >= 15 is 0 Å². The van der Waals surface area contributed by atoms with Gasteiger partial charge in [0.25, 0.3) is 0 Å². The van der Waals surface area contributed by atoms with Gasteiger partial charge in [-0.2, -0.15) is 0 Å². The number of esters is 1. The second-order valence-electron chi connectivity index (χ2n) is 4.99. The van der Waals surface area contributed by atoms with Gasteiger partial charge >= 0.3 is 5.97 Å². The smallest absolute Gasteiger partial charge is 0.338 e. The van der Waals surface area contributed by atoms with E-state index in [-0.39, 0.29) is 12.6 Å². The van der Waals surface area contributed by atoms with Gasteiger partial charge in [0.2, 0.25) is 0 Å². The summed E-state index contributed by atoms with van der Waals surface area (Å²) in [5.41, 5.74) is 2.80. The largest absolute Gasteiger partial charge is 0.462 e. The van der Waals surface area contributed by atoms with Gasteiger partial charge in [0.05, 0.1) is 30.2 Å². The highest BCUT2D eigenvalue weighted by molar-refractivity contribution is 5.89. The maximum atomic E-state index is 11.8. The average Bonchev–Trinajstić information content (AvgIpc) is 2.96. The number of carbonyl (C=O) groups is 1. The fraction of sp³-hybridized carbons (Fsp3) is 0.438. The summed E-state index contributed by atoms with van der Waals surface area (Å²) in [5, 5.41) is 17.4. The summed E-state index contributed by atoms with van der Waals surface area (Å²) in [7, 11) is 0. The van der Waals surface area contributed by atoms with Crippen molar-refractivity contribution in [2.24, 2.45) is 0 Å². The van der Waals surface area contributed by atoms with Gasteiger partial charge < -0.3 is 9.84 Å². The van der Waals surface area contributed by atoms with E-state index in [0.717, 1.165) is 30.6 Å². The van der Waals surface area contributed by atoms with Crippen LogP contribution in [0.4, 0.5) is 0 Å². The average molecular weight is 303 g/mol. The number of aliphatic hydroxyl groups is 1. The number of ether oxygens (including phenoxy) is 1. The van der Waals surface area contributed by atoms with Crippen molar-refractivity contribution in [3.63, 3.8) is 0 Å². The molecule has 1 aromatic carbocycles. The van der Waals surface area contributed by atoms with Crippen molar-refractivity contribution in [2.45, 2.75) is 39.7 Å². The number of rotatable bonds is 7. The van der Waals surface area contributed by atoms with Crippen molar-refractivity contribution in [1.82, 2.24) is 15.0 Å². The van der Waals surface area contributed by atoms with Crippen molar-refractivity contribution in [2.75, 3.05) is 6.61 Å². The van der Waals surface area contributed by atoms with E-state index in [1.54, 1.807) is 28.9 Å². The van der Waals surface area contributed by atoms with E-state index in [1.165, 1.54) is 0 Å². The van der Waals surface area contributed by atoms with Crippen molar-refractivity contribution in [3.8, 4) is 5.69 Å². The molecule has 0 spiro atoms. The monoisotopic (exact) mass is 303 g/mol. The van der Waals surface area contributed by atoms with Crippen LogP contribution in [0.2, 0.25) is 0 Å². The van der Waals surface area contributed by atoms with Gasteiger partial charge in [-0.05, 0) is 37.1 Å². The summed E-state index contributed by atoms with van der Waals surface area (Å²) in [6.07, 6.45) is 2.51. The predicted molar refractivity (Wildman–Crippen MR) is 81.9 cm³/mol. The Kier molecular flexibility index (Phi) is 5.66. The van der Waals surface area contributed by atoms with Crippen molar-refractivity contribution in [1.29, 1.82) is 0 Å². The number of carbonyl (C=O) groups excluding carboxylic acids is 1. The molecule has 0 atom stereocenters. The number of nitrogens with zero attached hydrogens (tertiary/aromatic N) is 3. The normalized spacial score (nSPS) is 10.7. The van der Waals surface area contributed by atoms with E-state index in [0.29, 0.717) is 17.9 Å². The second-order valence-corrected chi connectivity index (χ2v) is 4.99. The molecule has 2 aromatic rings. The summed E-state index contributed by atoms with van der Waals surface area (Å²) < 4.78 is 6.80. The van der Waals surface area contributed by atoms with E-state index in [4.69, 9.17) is 4.74 Å². The van der Waals surface area contributed by atoms with Crippen LogP contribution in [0, 0.1) is 0 Å². The van der Waals surface area contributed by atoms with Gasteiger partial charge in [0.15, 0.2) is 0 Å². The first-order valence-corrected chi connectivity index (χ1v) is 7.53. The molecular formula is C16H21N3O3. The highest BCUT2D eigenvalue weighted by Crippen LogP contribution is 2.16. The lowest BCUT2D eigenvalue weighted by Crippen LogP contribution is -2.07. The van der Waals surface area contributed by atoms with Crippen LogP contribution in [-0.2, 0) is 17.8 Å². The molecule has 0 unspecified atom stereocenters. The number of hydrogen-bond acceptors (Lipinski definition) is 5. The molecule has 1 aromatic heterocycles. The van der Waals surface area contributed by atoms with E-state index in [1.807, 2.05) is 6.92 Å². The molecule has 0 aliphatic carbocycles. The Labute approximate surface area is 129 Å². The molecule has 118 valence electrons. The van der Waals surface area contributed by atoms with Crippen LogP contribution < -0.4 is 0 Å². The molecule has 1 N–H and O–H groups in total. The van der Waals surface area contributed by atoms with Crippen LogP contribution in [0.15, 0.2) is 24.3 Å². The topological polar surface area (TPSA) is 77.2 Å². The standard InChI is InChI=1S/C16H21N3O3/c1-3-5-15-14(11-20)17-18-19(15)13-8-6-12(7-9-13)16(21)22-10-4-2/h6-9,20H,3-5,10-11H2,1-2H3. The molecule has 0 fully saturated rings. The summed E-state index contributed by atoms with van der Waals surface area (Å²) in [4.78, 5) is 11.8. The number of benzene rings is 1. The molecule has 0 aliphatic rings. The molecule has 2 rings (SSSR count). The SMILES string of the molecule is CCCOC(=O)c1ccc(-n2nnc(CO)c2CCC)cc1. The Bertz CT molecular complexity index is 620. The lowest BCUT2D eigenvalue weighted by Gasteiger charge is -2.08. The van der Waals surface area contributed by atoms with Crippen molar-refractivity contribution < 1.29 is 14.6 Å². The lowest BCUT2D eigenvalue weighted by atomic mass is 10.2. The molecule has 0 saturated heterocycles. The maximum Gasteiger partial charge on any atom is 0.338 e. The Hall–Kier alpha value is -2.21. The third kappa shape index (κ3) is 3.51. The highest BCUT2D eigenvalue weighted by atomic mass is 16.5. The summed E-state index contributed by atoms with van der Waals surface area (Å²) in [5.74, 6) is -0.322. The predicted octanol–water partition coefficient (Wildman–Crippen LogP) is 2.28. The summed E-state index contributed by atoms with van der Waals surface area (Å²) in [6, 6.07) is 7.03. The Balaban J connectivity index is 2.23. The molecule has 0 bridgehead atoms. The molecule has 0 amide bonds. The van der Waals surface area contributed by atoms with Gasteiger partial charge in [0.1, 0.15) is 5.69 Å². The van der Waals surface area contributed by atoms with Crippen molar-refractivity contribution in [3.05, 3.63) is 41.2 Å². The molecule has 0 saturated carbocycles. The summed E-state index contributed by atoms with van der Waals surface area (Å²) >= 11 is 0. The van der Waals surface area contributed by atoms with Gasteiger partial charge in [0, 0.05) is 0 Å². The molecule has 0 radical (unpaired) electrons. The zero-order valence-electron chi connectivity index (χ0n) is 13.0. The Morgan fingerprint density at radius 1 is 1.23 bits per heavy atom. The van der Waals surface area contributed by atoms with E-state index < -0.39 is 0 Å². The van der Waals surface area contributed by atoms with E-state index in [2.05, 4.69) is 17.2 Å². The maximum absolute atomic E-state index is 11.8. The van der Waals surface area contributed by atoms with Crippen LogP contribution in [0.25, 0.3) is 5.69 Å². The number of aromatic nitrogens is 3. The lowest BCUT2D eigenvalue weighted by molar-refractivity contribution is 0.0505. The van der Waals surface area contributed by atoms with Crippen LogP contribution in [-0.4, -0.2) is 32.7 Å². The third-order valence-electron chi connectivity index (χ3n) is 3.27. The van der Waals surface area contributed by atoms with Gasteiger partial charge in [-0.15, -0.1) is 5.10 Å². The van der Waals surface area contributed by atoms with Crippen LogP contribution in [0.1, 0.15) is 48.4 Å². The number of aliphatic hydroxyl groups excluding tert-OH is 1. The minimum absolute atomic E-state index is 0.128. The first kappa shape index (κ1) is 16.2. The molecule has 22 heavy (non-hydrogen) atoms. The molecule has 6 nitrogen and oxygen atoms in total. The molecule has 0 aliphatic heterocycles. The first-order valence-electron chi connectivity index (χ1n) is 7.53. The summed E-state index contributed by atoms with van der Waals surface area (Å²) in [6.45, 7) is 4.31. The zero-order chi connectivity index (χ0) is 15.9. The fourth-order valence-electron chi connectivity index (χ4n) is 2.17. The molecule has 6 heteroatoms.